The van der Waals surface area contributed by atoms with Crippen molar-refractivity contribution >= 4 is 10.1 Å². The molecule has 1 unspecified atom stereocenters. The van der Waals surface area contributed by atoms with Crippen molar-refractivity contribution in [3.05, 3.63) is 23.8 Å². The average molecular weight is 278 g/mol. The van der Waals surface area contributed by atoms with Gasteiger partial charge in [-0.05, 0) is 19.3 Å². The van der Waals surface area contributed by atoms with E-state index in [0.29, 0.717) is 0 Å². The molecule has 0 aromatic carbocycles. The predicted octanol–water partition coefficient (Wildman–Crippen LogP) is 2.65. The van der Waals surface area contributed by atoms with Crippen molar-refractivity contribution in [1.29, 1.82) is 0 Å². The van der Waals surface area contributed by atoms with E-state index in [4.69, 9.17) is 0 Å². The second-order valence-electron chi connectivity index (χ2n) is 5.02. The monoisotopic (exact) mass is 278 g/mol. The highest BCUT2D eigenvalue weighted by atomic mass is 32.2. The summed E-state index contributed by atoms with van der Waals surface area (Å²) in [4.78, 5) is 0. The van der Waals surface area contributed by atoms with Gasteiger partial charge < -0.3 is 0 Å². The van der Waals surface area contributed by atoms with Gasteiger partial charge in [-0.15, -0.1) is 0 Å². The van der Waals surface area contributed by atoms with Crippen LogP contribution in [-0.4, -0.2) is 26.2 Å². The van der Waals surface area contributed by atoms with Crippen molar-refractivity contribution in [3.8, 4) is 0 Å². The van der Waals surface area contributed by atoms with E-state index in [1.807, 2.05) is 6.92 Å². The van der Waals surface area contributed by atoms with Crippen LogP contribution in [0.4, 0.5) is 8.78 Å². The van der Waals surface area contributed by atoms with E-state index >= 15 is 0 Å². The highest BCUT2D eigenvalue weighted by molar-refractivity contribution is 7.88. The lowest BCUT2D eigenvalue weighted by atomic mass is 9.70. The van der Waals surface area contributed by atoms with Crippen LogP contribution in [0.15, 0.2) is 23.8 Å². The summed E-state index contributed by atoms with van der Waals surface area (Å²) in [5.74, 6) is -3.33. The summed E-state index contributed by atoms with van der Waals surface area (Å²) in [7, 11) is -2.80. The lowest BCUT2D eigenvalue weighted by Gasteiger charge is -2.46. The summed E-state index contributed by atoms with van der Waals surface area (Å²) in [6.07, 6.45) is 4.34. The second-order valence-corrected chi connectivity index (χ2v) is 7.02. The third-order valence-corrected chi connectivity index (χ3v) is 5.84. The van der Waals surface area contributed by atoms with Gasteiger partial charge in [0.25, 0.3) is 10.1 Å². The molecule has 102 valence electrons. The van der Waals surface area contributed by atoms with Gasteiger partial charge in [-0.1, -0.05) is 23.8 Å². The number of rotatable bonds is 3. The van der Waals surface area contributed by atoms with Crippen LogP contribution in [0, 0.1) is 5.92 Å². The van der Waals surface area contributed by atoms with Gasteiger partial charge in [-0.3, -0.25) is 4.18 Å². The molecule has 0 spiro atoms. The van der Waals surface area contributed by atoms with Crippen molar-refractivity contribution < 1.29 is 21.4 Å². The summed E-state index contributed by atoms with van der Waals surface area (Å²) in [6.45, 7) is 1.84. The molecule has 3 nitrogen and oxygen atoms in total. The maximum Gasteiger partial charge on any atom is 0.277 e. The molecule has 2 rings (SSSR count). The van der Waals surface area contributed by atoms with E-state index < -0.39 is 39.5 Å². The van der Waals surface area contributed by atoms with Crippen LogP contribution in [0.25, 0.3) is 0 Å². The molecule has 6 heteroatoms. The van der Waals surface area contributed by atoms with Crippen molar-refractivity contribution in [2.45, 2.75) is 36.9 Å². The molecule has 0 saturated heterocycles. The van der Waals surface area contributed by atoms with E-state index in [9.17, 15) is 17.2 Å². The molecular weight excluding hydrogens is 262 g/mol. The standard InChI is InChI=1S/C12H16F2O3S/c1-9-3-5-11(6-4-9,18(15,16)17-2)10-7-12(13,14)8-10/h3-5,10H,6-8H2,1-2H3. The van der Waals surface area contributed by atoms with Gasteiger partial charge in [0.15, 0.2) is 0 Å². The highest BCUT2D eigenvalue weighted by Gasteiger charge is 2.59. The smallest absolute Gasteiger partial charge is 0.273 e. The van der Waals surface area contributed by atoms with Crippen molar-refractivity contribution in [3.63, 3.8) is 0 Å². The largest absolute Gasteiger partial charge is 0.277 e. The molecule has 18 heavy (non-hydrogen) atoms. The average Bonchev–Trinajstić information content (AvgIpc) is 2.27. The Bertz CT molecular complexity index is 499. The van der Waals surface area contributed by atoms with Crippen molar-refractivity contribution in [2.75, 3.05) is 7.11 Å². The van der Waals surface area contributed by atoms with Crippen LogP contribution in [0.1, 0.15) is 26.2 Å². The first-order chi connectivity index (χ1) is 8.22. The van der Waals surface area contributed by atoms with Crippen LogP contribution < -0.4 is 0 Å². The fourth-order valence-corrected chi connectivity index (χ4v) is 3.99. The van der Waals surface area contributed by atoms with Crippen LogP contribution in [0.3, 0.4) is 0 Å². The zero-order valence-corrected chi connectivity index (χ0v) is 11.1. The van der Waals surface area contributed by atoms with Gasteiger partial charge in [0.2, 0.25) is 5.92 Å². The summed E-state index contributed by atoms with van der Waals surface area (Å²) in [5, 5.41) is 0. The Morgan fingerprint density at radius 3 is 2.39 bits per heavy atom. The first-order valence-corrected chi connectivity index (χ1v) is 7.17. The molecule has 0 N–H and O–H groups in total. The number of alkyl halides is 2. The maximum absolute atomic E-state index is 13.0. The minimum atomic E-state index is -3.88. The molecule has 0 radical (unpaired) electrons. The Morgan fingerprint density at radius 1 is 1.39 bits per heavy atom. The summed E-state index contributed by atoms with van der Waals surface area (Å²) < 4.78 is 53.4. The minimum Gasteiger partial charge on any atom is -0.273 e. The molecule has 2 aliphatic carbocycles. The van der Waals surface area contributed by atoms with E-state index in [1.54, 1.807) is 12.2 Å². The molecule has 2 aliphatic rings. The van der Waals surface area contributed by atoms with E-state index in [1.165, 1.54) is 6.08 Å². The molecule has 0 aliphatic heterocycles. The molecule has 1 atom stereocenters. The zero-order valence-electron chi connectivity index (χ0n) is 10.3. The van der Waals surface area contributed by atoms with Crippen molar-refractivity contribution in [2.24, 2.45) is 5.92 Å². The van der Waals surface area contributed by atoms with E-state index in [2.05, 4.69) is 4.18 Å². The Hall–Kier alpha value is -0.750. The Labute approximate surface area is 106 Å². The lowest BCUT2D eigenvalue weighted by Crippen LogP contribution is -2.54. The molecule has 1 saturated carbocycles. The number of allylic oxidation sites excluding steroid dienone is 3. The summed E-state index contributed by atoms with van der Waals surface area (Å²) >= 11 is 0. The van der Waals surface area contributed by atoms with Crippen LogP contribution in [0.2, 0.25) is 0 Å². The Kier molecular flexibility index (Phi) is 3.14. The van der Waals surface area contributed by atoms with Crippen LogP contribution >= 0.6 is 0 Å². The zero-order chi connectivity index (χ0) is 13.6. The van der Waals surface area contributed by atoms with Crippen LogP contribution in [-0.2, 0) is 14.3 Å². The van der Waals surface area contributed by atoms with Gasteiger partial charge in [0, 0.05) is 12.8 Å². The molecule has 0 amide bonds. The SMILES string of the molecule is COS(=O)(=O)C1(C2CC(F)(F)C2)C=CC(C)=CC1. The normalized spacial score (nSPS) is 31.9. The minimum absolute atomic E-state index is 0.201. The Morgan fingerprint density at radius 2 is 2.00 bits per heavy atom. The summed E-state index contributed by atoms with van der Waals surface area (Å²) in [6, 6.07) is 0. The summed E-state index contributed by atoms with van der Waals surface area (Å²) in [5.41, 5.74) is 0.933. The number of hydrogen-bond donors (Lipinski definition) is 0. The molecule has 0 aromatic heterocycles. The topological polar surface area (TPSA) is 43.4 Å². The van der Waals surface area contributed by atoms with Gasteiger partial charge in [-0.25, -0.2) is 8.78 Å². The van der Waals surface area contributed by atoms with Gasteiger partial charge in [-0.2, -0.15) is 8.42 Å². The highest BCUT2D eigenvalue weighted by Crippen LogP contribution is 2.53. The third kappa shape index (κ3) is 2.01. The second kappa shape index (κ2) is 4.13. The predicted molar refractivity (Wildman–Crippen MR) is 63.8 cm³/mol. The molecule has 0 aromatic rings. The Balaban J connectivity index is 2.35. The fourth-order valence-electron chi connectivity index (χ4n) is 2.58. The van der Waals surface area contributed by atoms with Crippen LogP contribution in [0.5, 0.6) is 0 Å². The number of hydrogen-bond acceptors (Lipinski definition) is 3. The molecule has 0 bridgehead atoms. The third-order valence-electron chi connectivity index (χ3n) is 3.84. The van der Waals surface area contributed by atoms with Gasteiger partial charge >= 0.3 is 0 Å². The lowest BCUT2D eigenvalue weighted by molar-refractivity contribution is -0.117. The molecular formula is C12H16F2O3S. The van der Waals surface area contributed by atoms with Gasteiger partial charge in [0.1, 0.15) is 4.75 Å². The fraction of sp³-hybridized carbons (Fsp3) is 0.667. The first-order valence-electron chi connectivity index (χ1n) is 5.76. The van der Waals surface area contributed by atoms with Gasteiger partial charge in [0.05, 0.1) is 7.11 Å². The first kappa shape index (κ1) is 13.7. The quantitative estimate of drug-likeness (QED) is 0.745. The van der Waals surface area contributed by atoms with E-state index in [0.717, 1.165) is 12.7 Å². The van der Waals surface area contributed by atoms with E-state index in [-0.39, 0.29) is 6.42 Å². The van der Waals surface area contributed by atoms with Crippen molar-refractivity contribution in [1.82, 2.24) is 0 Å². The maximum atomic E-state index is 13.0. The molecule has 0 heterocycles. The number of halogens is 2. The molecule has 1 fully saturated rings.